The smallest absolute Gasteiger partial charge is 0.274 e. The van der Waals surface area contributed by atoms with Crippen LogP contribution < -0.4 is 15.0 Å². The van der Waals surface area contributed by atoms with Gasteiger partial charge in [-0.3, -0.25) is 19.8 Å². The fourth-order valence-corrected chi connectivity index (χ4v) is 4.76. The zero-order chi connectivity index (χ0) is 23.2. The van der Waals surface area contributed by atoms with Gasteiger partial charge in [0.25, 0.3) is 11.6 Å². The summed E-state index contributed by atoms with van der Waals surface area (Å²) in [6.07, 6.45) is 0. The fraction of sp³-hybridized carbons (Fsp3) is 0.292. The number of nitrogens with one attached hydrogen (secondary N) is 1. The van der Waals surface area contributed by atoms with Crippen molar-refractivity contribution in [3.8, 4) is 5.75 Å². The molecule has 1 unspecified atom stereocenters. The van der Waals surface area contributed by atoms with Gasteiger partial charge in [0.15, 0.2) is 0 Å². The first-order chi connectivity index (χ1) is 16.1. The molecule has 0 spiro atoms. The molecule has 4 rings (SSSR count). The van der Waals surface area contributed by atoms with Crippen molar-refractivity contribution in [3.63, 3.8) is 0 Å². The quantitative estimate of drug-likeness (QED) is 0.399. The number of hydrogen-bond donors (Lipinski definition) is 1. The number of nitro benzene ring substituents is 1. The average Bonchev–Trinajstić information content (AvgIpc) is 3.39. The number of ether oxygens (including phenoxy) is 1. The summed E-state index contributed by atoms with van der Waals surface area (Å²) in [5.74, 6) is 0.610. The average molecular weight is 467 g/mol. The van der Waals surface area contributed by atoms with Crippen LogP contribution in [0.3, 0.4) is 0 Å². The lowest BCUT2D eigenvalue weighted by Crippen LogP contribution is -2.49. The molecule has 1 saturated heterocycles. The van der Waals surface area contributed by atoms with Gasteiger partial charge in [0, 0.05) is 44.2 Å². The molecule has 172 valence electrons. The van der Waals surface area contributed by atoms with Crippen molar-refractivity contribution < 1.29 is 14.5 Å². The number of methoxy groups -OCH3 is 1. The monoisotopic (exact) mass is 466 g/mol. The Balaban J connectivity index is 1.50. The van der Waals surface area contributed by atoms with E-state index in [1.807, 2.05) is 29.6 Å². The van der Waals surface area contributed by atoms with E-state index in [0.717, 1.165) is 37.6 Å². The molecule has 1 fully saturated rings. The second-order valence-corrected chi connectivity index (χ2v) is 8.59. The lowest BCUT2D eigenvalue weighted by atomic mass is 10.0. The van der Waals surface area contributed by atoms with E-state index in [4.69, 9.17) is 4.74 Å². The predicted octanol–water partition coefficient (Wildman–Crippen LogP) is 3.96. The highest BCUT2D eigenvalue weighted by atomic mass is 32.1. The van der Waals surface area contributed by atoms with Crippen LogP contribution in [-0.4, -0.2) is 55.6 Å². The van der Waals surface area contributed by atoms with Crippen molar-refractivity contribution in [2.75, 3.05) is 44.7 Å². The molecule has 1 amide bonds. The lowest BCUT2D eigenvalue weighted by Gasteiger charge is -2.38. The van der Waals surface area contributed by atoms with Crippen LogP contribution in [0.15, 0.2) is 65.4 Å². The summed E-state index contributed by atoms with van der Waals surface area (Å²) in [5, 5.41) is 18.3. The number of rotatable bonds is 8. The largest absolute Gasteiger partial charge is 0.495 e. The number of nitro groups is 1. The van der Waals surface area contributed by atoms with Crippen LogP contribution >= 0.6 is 11.3 Å². The van der Waals surface area contributed by atoms with Crippen LogP contribution in [0.1, 0.15) is 22.0 Å². The Morgan fingerprint density at radius 1 is 1.12 bits per heavy atom. The van der Waals surface area contributed by atoms with Gasteiger partial charge < -0.3 is 15.0 Å². The first-order valence-electron chi connectivity index (χ1n) is 10.7. The van der Waals surface area contributed by atoms with Gasteiger partial charge in [-0.1, -0.05) is 30.3 Å². The Morgan fingerprint density at radius 3 is 2.55 bits per heavy atom. The van der Waals surface area contributed by atoms with Crippen molar-refractivity contribution in [3.05, 3.63) is 86.6 Å². The van der Waals surface area contributed by atoms with Gasteiger partial charge in [0.05, 0.1) is 34.9 Å². The minimum Gasteiger partial charge on any atom is -0.495 e. The maximum atomic E-state index is 12.8. The van der Waals surface area contributed by atoms with Crippen molar-refractivity contribution in [2.45, 2.75) is 6.04 Å². The third kappa shape index (κ3) is 5.32. The molecule has 8 nitrogen and oxygen atoms in total. The Hall–Kier alpha value is -3.43. The molecule has 2 heterocycles. The third-order valence-electron chi connectivity index (χ3n) is 5.84. The lowest BCUT2D eigenvalue weighted by molar-refractivity contribution is -0.385. The molecule has 0 radical (unpaired) electrons. The first kappa shape index (κ1) is 22.8. The van der Waals surface area contributed by atoms with Crippen LogP contribution in [0.25, 0.3) is 0 Å². The summed E-state index contributed by atoms with van der Waals surface area (Å²) >= 11 is 1.44. The number of para-hydroxylation sites is 3. The molecule has 3 aromatic rings. The summed E-state index contributed by atoms with van der Waals surface area (Å²) in [6, 6.07) is 15.8. The molecule has 33 heavy (non-hydrogen) atoms. The zero-order valence-electron chi connectivity index (χ0n) is 18.3. The number of hydrogen-bond acceptors (Lipinski definition) is 7. The number of thiophene rings is 1. The highest BCUT2D eigenvalue weighted by Gasteiger charge is 2.28. The van der Waals surface area contributed by atoms with Gasteiger partial charge in [-0.2, -0.15) is 11.3 Å². The SMILES string of the molecule is COc1ccccc1N1CCN(CC(NC(=O)c2ccsc2)c2ccccc2[N+](=O)[O-])CC1. The second-order valence-electron chi connectivity index (χ2n) is 7.81. The summed E-state index contributed by atoms with van der Waals surface area (Å²) in [4.78, 5) is 28.6. The Morgan fingerprint density at radius 2 is 1.85 bits per heavy atom. The highest BCUT2D eigenvalue weighted by molar-refractivity contribution is 7.08. The van der Waals surface area contributed by atoms with Crippen LogP contribution in [0, 0.1) is 10.1 Å². The fourth-order valence-electron chi connectivity index (χ4n) is 4.13. The zero-order valence-corrected chi connectivity index (χ0v) is 19.2. The second kappa shape index (κ2) is 10.5. The molecule has 1 atom stereocenters. The summed E-state index contributed by atoms with van der Waals surface area (Å²) < 4.78 is 5.50. The number of nitrogens with zero attached hydrogens (tertiary/aromatic N) is 3. The van der Waals surface area contributed by atoms with E-state index in [1.165, 1.54) is 17.4 Å². The Bertz CT molecular complexity index is 1100. The van der Waals surface area contributed by atoms with Gasteiger partial charge in [-0.05, 0) is 23.6 Å². The van der Waals surface area contributed by atoms with E-state index >= 15 is 0 Å². The maximum absolute atomic E-state index is 12.8. The van der Waals surface area contributed by atoms with Crippen LogP contribution in [0.2, 0.25) is 0 Å². The van der Waals surface area contributed by atoms with E-state index in [-0.39, 0.29) is 11.6 Å². The molecular weight excluding hydrogens is 440 g/mol. The number of carbonyl (C=O) groups excluding carboxylic acids is 1. The number of amides is 1. The standard InChI is InChI=1S/C24H26N4O4S/c1-32-23-9-5-4-8-22(23)27-13-11-26(12-14-27)16-20(25-24(29)18-10-15-33-17-18)19-6-2-3-7-21(19)28(30)31/h2-10,15,17,20H,11-14,16H2,1H3,(H,25,29). The van der Waals surface area contributed by atoms with E-state index in [2.05, 4.69) is 15.1 Å². The Kier molecular flexibility index (Phi) is 7.21. The van der Waals surface area contributed by atoms with E-state index in [9.17, 15) is 14.9 Å². The van der Waals surface area contributed by atoms with Crippen LogP contribution in [-0.2, 0) is 0 Å². The Labute approximate surface area is 196 Å². The maximum Gasteiger partial charge on any atom is 0.274 e. The van der Waals surface area contributed by atoms with Crippen molar-refractivity contribution in [1.82, 2.24) is 10.2 Å². The predicted molar refractivity (Wildman–Crippen MR) is 129 cm³/mol. The highest BCUT2D eigenvalue weighted by Crippen LogP contribution is 2.30. The van der Waals surface area contributed by atoms with Crippen LogP contribution in [0.4, 0.5) is 11.4 Å². The summed E-state index contributed by atoms with van der Waals surface area (Å²) in [7, 11) is 1.67. The van der Waals surface area contributed by atoms with Crippen molar-refractivity contribution >= 4 is 28.6 Å². The van der Waals surface area contributed by atoms with E-state index in [0.29, 0.717) is 17.7 Å². The third-order valence-corrected chi connectivity index (χ3v) is 6.52. The molecule has 9 heteroatoms. The molecule has 0 bridgehead atoms. The first-order valence-corrected chi connectivity index (χ1v) is 11.7. The molecular formula is C24H26N4O4S. The van der Waals surface area contributed by atoms with Gasteiger partial charge >= 0.3 is 0 Å². The number of piperazine rings is 1. The molecule has 1 aromatic heterocycles. The van der Waals surface area contributed by atoms with Crippen molar-refractivity contribution in [1.29, 1.82) is 0 Å². The molecule has 1 aliphatic heterocycles. The minimum absolute atomic E-state index is 0.0146. The molecule has 1 aliphatic rings. The van der Waals surface area contributed by atoms with Crippen molar-refractivity contribution in [2.24, 2.45) is 0 Å². The molecule has 0 aliphatic carbocycles. The van der Waals surface area contributed by atoms with E-state index in [1.54, 1.807) is 36.8 Å². The summed E-state index contributed by atoms with van der Waals surface area (Å²) in [5.41, 5.74) is 2.14. The van der Waals surface area contributed by atoms with Gasteiger partial charge in [-0.15, -0.1) is 0 Å². The van der Waals surface area contributed by atoms with Gasteiger partial charge in [0.2, 0.25) is 0 Å². The molecule has 0 saturated carbocycles. The number of benzene rings is 2. The number of carbonyl (C=O) groups is 1. The molecule has 1 N–H and O–H groups in total. The summed E-state index contributed by atoms with van der Waals surface area (Å²) in [6.45, 7) is 3.61. The van der Waals surface area contributed by atoms with Gasteiger partial charge in [0.1, 0.15) is 5.75 Å². The number of anilines is 1. The van der Waals surface area contributed by atoms with E-state index < -0.39 is 11.0 Å². The van der Waals surface area contributed by atoms with Crippen LogP contribution in [0.5, 0.6) is 5.75 Å². The molecule has 2 aromatic carbocycles. The van der Waals surface area contributed by atoms with Gasteiger partial charge in [-0.25, -0.2) is 0 Å². The minimum atomic E-state index is -0.503. The normalized spacial score (nSPS) is 15.1. The topological polar surface area (TPSA) is 88.0 Å².